The number of nitrogens with zero attached hydrogens (tertiary/aromatic N) is 1. The molecule has 0 unspecified atom stereocenters. The maximum atomic E-state index is 12.3. The molecule has 0 aromatic heterocycles. The second-order valence-electron chi connectivity index (χ2n) is 4.53. The van der Waals surface area contributed by atoms with Gasteiger partial charge in [0.05, 0.1) is 16.5 Å². The highest BCUT2D eigenvalue weighted by atomic mass is 32.2. The Labute approximate surface area is 134 Å². The minimum Gasteiger partial charge on any atom is -0.341 e. The highest BCUT2D eigenvalue weighted by Crippen LogP contribution is 2.19. The van der Waals surface area contributed by atoms with Gasteiger partial charge in [-0.2, -0.15) is 5.26 Å². The van der Waals surface area contributed by atoms with Crippen molar-refractivity contribution in [2.45, 2.75) is 4.90 Å². The minimum atomic E-state index is -3.79. The number of carbonyl (C=O) groups is 1. The number of nitriles is 1. The average molecular weight is 330 g/mol. The smallest absolute Gasteiger partial charge is 0.318 e. The number of anilines is 2. The predicted molar refractivity (Wildman–Crippen MR) is 86.5 cm³/mol. The van der Waals surface area contributed by atoms with Crippen LogP contribution < -0.4 is 15.4 Å². The first-order valence-corrected chi connectivity index (χ1v) is 8.05. The van der Waals surface area contributed by atoms with Crippen LogP contribution in [0.1, 0.15) is 5.56 Å². The Balaban J connectivity index is 2.17. The van der Waals surface area contributed by atoms with Gasteiger partial charge in [-0.15, -0.1) is 0 Å². The molecular formula is C15H14N4O3S. The fourth-order valence-corrected chi connectivity index (χ4v) is 2.87. The fourth-order valence-electron chi connectivity index (χ4n) is 1.76. The van der Waals surface area contributed by atoms with Crippen molar-refractivity contribution in [2.75, 3.05) is 17.1 Å². The molecule has 0 spiro atoms. The summed E-state index contributed by atoms with van der Waals surface area (Å²) in [6, 6.07) is 13.4. The zero-order chi connectivity index (χ0) is 16.9. The molecule has 0 fully saturated rings. The molecule has 118 valence electrons. The van der Waals surface area contributed by atoms with Crippen molar-refractivity contribution in [3.63, 3.8) is 0 Å². The van der Waals surface area contributed by atoms with Crippen molar-refractivity contribution < 1.29 is 13.2 Å². The number of benzene rings is 2. The summed E-state index contributed by atoms with van der Waals surface area (Å²) in [5.41, 5.74) is 1.13. The number of hydrogen-bond donors (Lipinski definition) is 3. The topological polar surface area (TPSA) is 111 Å². The SMILES string of the molecule is CNC(=O)Nc1ccc(NS(=O)(=O)c2cccc(C#N)c2)cc1. The molecule has 0 heterocycles. The molecule has 2 aromatic carbocycles. The summed E-state index contributed by atoms with van der Waals surface area (Å²) in [5, 5.41) is 13.8. The van der Waals surface area contributed by atoms with Crippen LogP contribution in [-0.2, 0) is 10.0 Å². The third-order valence-electron chi connectivity index (χ3n) is 2.90. The molecule has 8 heteroatoms. The van der Waals surface area contributed by atoms with Crippen molar-refractivity contribution in [1.82, 2.24) is 5.32 Å². The molecule has 0 radical (unpaired) electrons. The van der Waals surface area contributed by atoms with Gasteiger partial charge in [0.2, 0.25) is 0 Å². The van der Waals surface area contributed by atoms with Crippen molar-refractivity contribution in [1.29, 1.82) is 5.26 Å². The molecule has 0 aliphatic rings. The molecule has 0 saturated heterocycles. The van der Waals surface area contributed by atoms with Crippen molar-refractivity contribution in [3.05, 3.63) is 54.1 Å². The molecule has 2 rings (SSSR count). The molecule has 0 bridgehead atoms. The maximum Gasteiger partial charge on any atom is 0.318 e. The van der Waals surface area contributed by atoms with Gasteiger partial charge in [-0.25, -0.2) is 13.2 Å². The largest absolute Gasteiger partial charge is 0.341 e. The Hall–Kier alpha value is -3.05. The van der Waals surface area contributed by atoms with Crippen LogP contribution >= 0.6 is 0 Å². The highest BCUT2D eigenvalue weighted by molar-refractivity contribution is 7.92. The van der Waals surface area contributed by atoms with Crippen LogP contribution in [0.25, 0.3) is 0 Å². The van der Waals surface area contributed by atoms with E-state index in [1.54, 1.807) is 12.1 Å². The Morgan fingerprint density at radius 1 is 1.09 bits per heavy atom. The first kappa shape index (κ1) is 16.3. The Kier molecular flexibility index (Phi) is 4.83. The summed E-state index contributed by atoms with van der Waals surface area (Å²) in [5.74, 6) is 0. The van der Waals surface area contributed by atoms with E-state index in [2.05, 4.69) is 15.4 Å². The molecule has 0 aliphatic heterocycles. The van der Waals surface area contributed by atoms with E-state index >= 15 is 0 Å². The van der Waals surface area contributed by atoms with Crippen LogP contribution in [0.2, 0.25) is 0 Å². The highest BCUT2D eigenvalue weighted by Gasteiger charge is 2.14. The Bertz CT molecular complexity index is 855. The third-order valence-corrected chi connectivity index (χ3v) is 4.27. The molecular weight excluding hydrogens is 316 g/mol. The zero-order valence-corrected chi connectivity index (χ0v) is 13.0. The molecule has 7 nitrogen and oxygen atoms in total. The summed E-state index contributed by atoms with van der Waals surface area (Å²) in [4.78, 5) is 11.2. The number of amides is 2. The van der Waals surface area contributed by atoms with E-state index in [-0.39, 0.29) is 16.5 Å². The molecule has 0 saturated carbocycles. The lowest BCUT2D eigenvalue weighted by Crippen LogP contribution is -2.24. The van der Waals surface area contributed by atoms with Crippen molar-refractivity contribution >= 4 is 27.4 Å². The minimum absolute atomic E-state index is 0.00381. The second kappa shape index (κ2) is 6.81. The molecule has 2 aromatic rings. The van der Waals surface area contributed by atoms with Gasteiger partial charge >= 0.3 is 6.03 Å². The monoisotopic (exact) mass is 330 g/mol. The first-order valence-electron chi connectivity index (χ1n) is 6.56. The van der Waals surface area contributed by atoms with Crippen LogP contribution in [-0.4, -0.2) is 21.5 Å². The van der Waals surface area contributed by atoms with E-state index in [1.165, 1.54) is 43.4 Å². The fraction of sp³-hybridized carbons (Fsp3) is 0.0667. The molecule has 2 amide bonds. The number of rotatable bonds is 4. The lowest BCUT2D eigenvalue weighted by atomic mass is 10.2. The van der Waals surface area contributed by atoms with Crippen LogP contribution in [0, 0.1) is 11.3 Å². The quantitative estimate of drug-likeness (QED) is 0.797. The van der Waals surface area contributed by atoms with Crippen molar-refractivity contribution in [3.8, 4) is 6.07 Å². The normalized spacial score (nSPS) is 10.4. The third kappa shape index (κ3) is 4.21. The van der Waals surface area contributed by atoms with E-state index in [9.17, 15) is 13.2 Å². The molecule has 3 N–H and O–H groups in total. The predicted octanol–water partition coefficient (Wildman–Crippen LogP) is 2.11. The summed E-state index contributed by atoms with van der Waals surface area (Å²) in [7, 11) is -2.29. The van der Waals surface area contributed by atoms with Crippen LogP contribution in [0.15, 0.2) is 53.4 Å². The summed E-state index contributed by atoms with van der Waals surface area (Å²) >= 11 is 0. The van der Waals surface area contributed by atoms with Gasteiger partial charge in [-0.3, -0.25) is 4.72 Å². The molecule has 0 aliphatic carbocycles. The molecule has 23 heavy (non-hydrogen) atoms. The number of sulfonamides is 1. The van der Waals surface area contributed by atoms with Gasteiger partial charge < -0.3 is 10.6 Å². The number of hydrogen-bond acceptors (Lipinski definition) is 4. The first-order chi connectivity index (χ1) is 10.9. The van der Waals surface area contributed by atoms with E-state index < -0.39 is 10.0 Å². The standard InChI is InChI=1S/C15H14N4O3S/c1-17-15(20)18-12-5-7-13(8-6-12)19-23(21,22)14-4-2-3-11(9-14)10-16/h2-9,19H,1H3,(H2,17,18,20). The lowest BCUT2D eigenvalue weighted by molar-refractivity contribution is 0.254. The molecule has 0 atom stereocenters. The van der Waals surface area contributed by atoms with Crippen LogP contribution in [0.3, 0.4) is 0 Å². The van der Waals surface area contributed by atoms with Gasteiger partial charge in [0.25, 0.3) is 10.0 Å². The van der Waals surface area contributed by atoms with E-state index in [1.807, 2.05) is 6.07 Å². The van der Waals surface area contributed by atoms with Crippen molar-refractivity contribution in [2.24, 2.45) is 0 Å². The van der Waals surface area contributed by atoms with Crippen LogP contribution in [0.5, 0.6) is 0 Å². The van der Waals surface area contributed by atoms with Gasteiger partial charge in [-0.05, 0) is 42.5 Å². The van der Waals surface area contributed by atoms with Gasteiger partial charge in [0, 0.05) is 18.4 Å². The van der Waals surface area contributed by atoms with E-state index in [0.29, 0.717) is 11.4 Å². The maximum absolute atomic E-state index is 12.3. The Morgan fingerprint density at radius 2 is 1.74 bits per heavy atom. The van der Waals surface area contributed by atoms with Gasteiger partial charge in [0.15, 0.2) is 0 Å². The van der Waals surface area contributed by atoms with Gasteiger partial charge in [0.1, 0.15) is 0 Å². The van der Waals surface area contributed by atoms with Crippen LogP contribution in [0.4, 0.5) is 16.2 Å². The Morgan fingerprint density at radius 3 is 2.35 bits per heavy atom. The van der Waals surface area contributed by atoms with Gasteiger partial charge in [-0.1, -0.05) is 6.07 Å². The van der Waals surface area contributed by atoms with E-state index in [0.717, 1.165) is 0 Å². The number of carbonyl (C=O) groups excluding carboxylic acids is 1. The second-order valence-corrected chi connectivity index (χ2v) is 6.21. The summed E-state index contributed by atoms with van der Waals surface area (Å²) in [6.45, 7) is 0. The average Bonchev–Trinajstić information content (AvgIpc) is 2.56. The van der Waals surface area contributed by atoms with E-state index in [4.69, 9.17) is 5.26 Å². The summed E-state index contributed by atoms with van der Waals surface area (Å²) in [6.07, 6.45) is 0. The zero-order valence-electron chi connectivity index (χ0n) is 12.2. The number of nitrogens with one attached hydrogen (secondary N) is 3. The number of urea groups is 1. The lowest BCUT2D eigenvalue weighted by Gasteiger charge is -2.09. The summed E-state index contributed by atoms with van der Waals surface area (Å²) < 4.78 is 27.0.